The lowest BCUT2D eigenvalue weighted by Crippen LogP contribution is -2.56. The zero-order valence-electron chi connectivity index (χ0n) is 19.4. The highest BCUT2D eigenvalue weighted by molar-refractivity contribution is 5.68. The smallest absolute Gasteiger partial charge is 0.410 e. The molecule has 2 unspecified atom stereocenters. The van der Waals surface area contributed by atoms with Gasteiger partial charge in [-0.15, -0.1) is 0 Å². The summed E-state index contributed by atoms with van der Waals surface area (Å²) >= 11 is 0. The highest BCUT2D eigenvalue weighted by Gasteiger charge is 2.35. The van der Waals surface area contributed by atoms with Gasteiger partial charge in [-0.1, -0.05) is 33.1 Å². The SMILES string of the molecule is CCCCCC(CC)c1nccc2c1CN1CCN(C(=O)OC(C)(C)C)CC1CO2. The summed E-state index contributed by atoms with van der Waals surface area (Å²) in [5.41, 5.74) is 1.98. The predicted molar refractivity (Wildman–Crippen MR) is 119 cm³/mol. The van der Waals surface area contributed by atoms with Crippen molar-refractivity contribution in [2.45, 2.75) is 90.8 Å². The van der Waals surface area contributed by atoms with E-state index in [0.29, 0.717) is 25.6 Å². The van der Waals surface area contributed by atoms with Gasteiger partial charge in [-0.3, -0.25) is 9.88 Å². The first-order valence-electron chi connectivity index (χ1n) is 11.6. The minimum atomic E-state index is -0.474. The lowest BCUT2D eigenvalue weighted by atomic mass is 9.91. The van der Waals surface area contributed by atoms with Gasteiger partial charge in [0.2, 0.25) is 0 Å². The number of piperazine rings is 1. The molecule has 1 aromatic heterocycles. The summed E-state index contributed by atoms with van der Waals surface area (Å²) in [6, 6.07) is 2.17. The molecule has 1 amide bonds. The fraction of sp³-hybridized carbons (Fsp3) is 0.750. The maximum Gasteiger partial charge on any atom is 0.410 e. The second-order valence-corrected chi connectivity index (χ2v) is 9.64. The molecule has 2 atom stereocenters. The van der Waals surface area contributed by atoms with Crippen LogP contribution in [-0.2, 0) is 11.3 Å². The van der Waals surface area contributed by atoms with Gasteiger partial charge in [-0.25, -0.2) is 4.79 Å². The molecule has 30 heavy (non-hydrogen) atoms. The van der Waals surface area contributed by atoms with E-state index in [1.807, 2.05) is 37.9 Å². The second-order valence-electron chi connectivity index (χ2n) is 9.64. The Labute approximate surface area is 181 Å². The maximum atomic E-state index is 12.5. The van der Waals surface area contributed by atoms with Crippen molar-refractivity contribution >= 4 is 6.09 Å². The molecule has 1 aromatic rings. The van der Waals surface area contributed by atoms with E-state index >= 15 is 0 Å². The topological polar surface area (TPSA) is 54.9 Å². The Kier molecular flexibility index (Phi) is 7.61. The third-order valence-electron chi connectivity index (χ3n) is 6.13. The van der Waals surface area contributed by atoms with Crippen molar-refractivity contribution in [1.29, 1.82) is 0 Å². The lowest BCUT2D eigenvalue weighted by molar-refractivity contribution is -0.00158. The van der Waals surface area contributed by atoms with Gasteiger partial charge in [0.15, 0.2) is 0 Å². The highest BCUT2D eigenvalue weighted by Crippen LogP contribution is 2.35. The van der Waals surface area contributed by atoms with E-state index in [0.717, 1.165) is 25.3 Å². The van der Waals surface area contributed by atoms with Gasteiger partial charge in [-0.05, 0) is 39.7 Å². The summed E-state index contributed by atoms with van der Waals surface area (Å²) in [4.78, 5) is 21.6. The van der Waals surface area contributed by atoms with Gasteiger partial charge in [0.05, 0.1) is 11.7 Å². The van der Waals surface area contributed by atoms with Gasteiger partial charge in [0.25, 0.3) is 0 Å². The van der Waals surface area contributed by atoms with Crippen molar-refractivity contribution in [2.24, 2.45) is 0 Å². The molecule has 3 rings (SSSR count). The molecule has 0 aromatic carbocycles. The Morgan fingerprint density at radius 3 is 2.80 bits per heavy atom. The molecule has 1 fully saturated rings. The minimum Gasteiger partial charge on any atom is -0.491 e. The average Bonchev–Trinajstić information content (AvgIpc) is 2.89. The van der Waals surface area contributed by atoms with E-state index in [-0.39, 0.29) is 12.1 Å². The molecular weight excluding hydrogens is 378 g/mol. The summed E-state index contributed by atoms with van der Waals surface area (Å²) in [6.07, 6.45) is 7.72. The number of fused-ring (bicyclic) bond motifs is 2. The van der Waals surface area contributed by atoms with Crippen LogP contribution in [0.5, 0.6) is 5.75 Å². The molecule has 3 heterocycles. The number of unbranched alkanes of at least 4 members (excludes halogenated alkanes) is 2. The van der Waals surface area contributed by atoms with Crippen LogP contribution in [0.4, 0.5) is 4.79 Å². The van der Waals surface area contributed by atoms with Crippen molar-refractivity contribution in [3.8, 4) is 5.75 Å². The van der Waals surface area contributed by atoms with Crippen LogP contribution in [-0.4, -0.2) is 58.8 Å². The molecule has 2 aliphatic heterocycles. The quantitative estimate of drug-likeness (QED) is 0.612. The van der Waals surface area contributed by atoms with Crippen molar-refractivity contribution < 1.29 is 14.3 Å². The Morgan fingerprint density at radius 1 is 1.30 bits per heavy atom. The molecule has 168 valence electrons. The molecule has 6 nitrogen and oxygen atoms in total. The Bertz CT molecular complexity index is 716. The fourth-order valence-corrected chi connectivity index (χ4v) is 4.45. The first kappa shape index (κ1) is 22.9. The van der Waals surface area contributed by atoms with E-state index < -0.39 is 5.60 Å². The van der Waals surface area contributed by atoms with Crippen molar-refractivity contribution in [1.82, 2.24) is 14.8 Å². The number of rotatable bonds is 6. The molecule has 6 heteroatoms. The number of ether oxygens (including phenoxy) is 2. The maximum absolute atomic E-state index is 12.5. The third kappa shape index (κ3) is 5.65. The summed E-state index contributed by atoms with van der Waals surface area (Å²) in [7, 11) is 0. The molecule has 0 aliphatic carbocycles. The van der Waals surface area contributed by atoms with Crippen LogP contribution in [0.1, 0.15) is 83.9 Å². The predicted octanol–water partition coefficient (Wildman–Crippen LogP) is 4.97. The van der Waals surface area contributed by atoms with Crippen LogP contribution in [0.2, 0.25) is 0 Å². The number of hydrogen-bond acceptors (Lipinski definition) is 5. The zero-order valence-corrected chi connectivity index (χ0v) is 19.4. The first-order valence-corrected chi connectivity index (χ1v) is 11.6. The van der Waals surface area contributed by atoms with E-state index in [1.54, 1.807) is 0 Å². The summed E-state index contributed by atoms with van der Waals surface area (Å²) in [5.74, 6) is 1.45. The van der Waals surface area contributed by atoms with Crippen LogP contribution < -0.4 is 4.74 Å². The third-order valence-corrected chi connectivity index (χ3v) is 6.13. The molecule has 0 saturated carbocycles. The molecule has 0 N–H and O–H groups in total. The van der Waals surface area contributed by atoms with Crippen molar-refractivity contribution in [3.05, 3.63) is 23.5 Å². The standard InChI is InChI=1S/C24H39N3O3/c1-6-8-9-10-18(7-2)22-20-16-26-13-14-27(23(28)30-24(3,4)5)15-19(26)17-29-21(20)11-12-25-22/h11-12,18-19H,6-10,13-17H2,1-5H3. The summed E-state index contributed by atoms with van der Waals surface area (Å²) in [5, 5.41) is 0. The van der Waals surface area contributed by atoms with Gasteiger partial charge in [-0.2, -0.15) is 0 Å². The first-order chi connectivity index (χ1) is 14.3. The highest BCUT2D eigenvalue weighted by atomic mass is 16.6. The number of hydrogen-bond donors (Lipinski definition) is 0. The number of aromatic nitrogens is 1. The number of amides is 1. The largest absolute Gasteiger partial charge is 0.491 e. The van der Waals surface area contributed by atoms with Gasteiger partial charge < -0.3 is 14.4 Å². The summed E-state index contributed by atoms with van der Waals surface area (Å²) in [6.45, 7) is 13.8. The van der Waals surface area contributed by atoms with E-state index in [2.05, 4.69) is 18.7 Å². The van der Waals surface area contributed by atoms with Gasteiger partial charge >= 0.3 is 6.09 Å². The summed E-state index contributed by atoms with van der Waals surface area (Å²) < 4.78 is 11.8. The van der Waals surface area contributed by atoms with Crippen LogP contribution in [0.3, 0.4) is 0 Å². The molecule has 0 bridgehead atoms. The molecule has 2 aliphatic rings. The Morgan fingerprint density at radius 2 is 2.10 bits per heavy atom. The van der Waals surface area contributed by atoms with Gasteiger partial charge in [0, 0.05) is 43.9 Å². The van der Waals surface area contributed by atoms with E-state index in [4.69, 9.17) is 14.5 Å². The van der Waals surface area contributed by atoms with E-state index in [1.165, 1.54) is 36.9 Å². The number of carbonyl (C=O) groups excluding carboxylic acids is 1. The van der Waals surface area contributed by atoms with Crippen LogP contribution in [0.25, 0.3) is 0 Å². The molecular formula is C24H39N3O3. The number of carbonyl (C=O) groups is 1. The van der Waals surface area contributed by atoms with Crippen LogP contribution in [0, 0.1) is 0 Å². The van der Waals surface area contributed by atoms with E-state index in [9.17, 15) is 4.79 Å². The molecule has 0 radical (unpaired) electrons. The second kappa shape index (κ2) is 9.99. The normalized spacial score (nSPS) is 20.6. The van der Waals surface area contributed by atoms with Crippen molar-refractivity contribution in [2.75, 3.05) is 26.2 Å². The zero-order chi connectivity index (χ0) is 21.7. The van der Waals surface area contributed by atoms with Crippen LogP contribution in [0.15, 0.2) is 12.3 Å². The number of pyridine rings is 1. The van der Waals surface area contributed by atoms with Gasteiger partial charge in [0.1, 0.15) is 18.0 Å². The fourth-order valence-electron chi connectivity index (χ4n) is 4.45. The Hall–Kier alpha value is -1.82. The van der Waals surface area contributed by atoms with Crippen LogP contribution >= 0.6 is 0 Å². The monoisotopic (exact) mass is 417 g/mol. The molecule has 1 saturated heterocycles. The Balaban J connectivity index is 1.72. The van der Waals surface area contributed by atoms with Crippen molar-refractivity contribution in [3.63, 3.8) is 0 Å². The average molecular weight is 418 g/mol. The molecule has 0 spiro atoms. The minimum absolute atomic E-state index is 0.173. The lowest BCUT2D eigenvalue weighted by Gasteiger charge is -2.40. The number of nitrogens with zero attached hydrogens (tertiary/aromatic N) is 3.